The molecule has 0 bridgehead atoms. The Kier molecular flexibility index (Phi) is 1.92. The first-order valence-electron chi connectivity index (χ1n) is 5.12. The normalized spacial score (nSPS) is 20.6. The number of nitrogens with zero attached hydrogens (tertiary/aromatic N) is 2. The lowest BCUT2D eigenvalue weighted by Gasteiger charge is -2.16. The number of fused-ring (bicyclic) bond motifs is 1. The van der Waals surface area contributed by atoms with Gasteiger partial charge in [-0.1, -0.05) is 20.8 Å². The third kappa shape index (κ3) is 1.33. The maximum Gasteiger partial charge on any atom is 0.0881 e. The summed E-state index contributed by atoms with van der Waals surface area (Å²) in [4.78, 5) is 0. The number of aryl methyl sites for hydroxylation is 1. The maximum atomic E-state index is 8.96. The summed E-state index contributed by atoms with van der Waals surface area (Å²) in [6, 6.07) is 4.56. The van der Waals surface area contributed by atoms with Gasteiger partial charge in [-0.05, 0) is 23.5 Å². The van der Waals surface area contributed by atoms with Gasteiger partial charge in [-0.15, -0.1) is 0 Å². The molecule has 1 atom stereocenters. The number of aromatic nitrogens is 1. The summed E-state index contributed by atoms with van der Waals surface area (Å²) >= 11 is 0. The average molecular weight is 188 g/mol. The van der Waals surface area contributed by atoms with E-state index in [1.807, 2.05) is 0 Å². The first kappa shape index (κ1) is 9.33. The molecule has 14 heavy (non-hydrogen) atoms. The van der Waals surface area contributed by atoms with E-state index in [1.165, 1.54) is 11.3 Å². The molecule has 74 valence electrons. The number of rotatable bonds is 0. The van der Waals surface area contributed by atoms with E-state index in [0.29, 0.717) is 0 Å². The van der Waals surface area contributed by atoms with Gasteiger partial charge in [0.15, 0.2) is 0 Å². The molecular formula is C12H16N2. The van der Waals surface area contributed by atoms with Crippen molar-refractivity contribution in [3.05, 3.63) is 23.5 Å². The first-order valence-corrected chi connectivity index (χ1v) is 5.12. The largest absolute Gasteiger partial charge is 0.350 e. The highest BCUT2D eigenvalue weighted by Gasteiger charge is 2.26. The van der Waals surface area contributed by atoms with Gasteiger partial charge in [0.1, 0.15) is 0 Å². The van der Waals surface area contributed by atoms with Crippen LogP contribution in [-0.2, 0) is 12.0 Å². The van der Waals surface area contributed by atoms with Crippen LogP contribution in [0.2, 0.25) is 0 Å². The molecule has 0 radical (unpaired) electrons. The second-order valence-corrected chi connectivity index (χ2v) is 5.07. The summed E-state index contributed by atoms with van der Waals surface area (Å²) in [6.07, 6.45) is 3.18. The fraction of sp³-hybridized carbons (Fsp3) is 0.583. The molecule has 1 unspecified atom stereocenters. The Morgan fingerprint density at radius 2 is 2.21 bits per heavy atom. The third-order valence-corrected chi connectivity index (χ3v) is 2.97. The number of nitriles is 1. The van der Waals surface area contributed by atoms with Crippen LogP contribution < -0.4 is 0 Å². The molecule has 0 amide bonds. The zero-order valence-corrected chi connectivity index (χ0v) is 9.04. The van der Waals surface area contributed by atoms with Gasteiger partial charge in [0, 0.05) is 18.4 Å². The first-order chi connectivity index (χ1) is 6.52. The fourth-order valence-corrected chi connectivity index (χ4v) is 1.97. The summed E-state index contributed by atoms with van der Waals surface area (Å²) in [5.41, 5.74) is 2.74. The summed E-state index contributed by atoms with van der Waals surface area (Å²) in [6.45, 7) is 7.63. The number of hydrogen-bond donors (Lipinski definition) is 0. The average Bonchev–Trinajstić information content (AvgIpc) is 2.58. The van der Waals surface area contributed by atoms with E-state index >= 15 is 0 Å². The Morgan fingerprint density at radius 3 is 2.79 bits per heavy atom. The lowest BCUT2D eigenvalue weighted by Crippen LogP contribution is -2.09. The molecule has 2 heterocycles. The Morgan fingerprint density at radius 1 is 1.50 bits per heavy atom. The van der Waals surface area contributed by atoms with Gasteiger partial charge < -0.3 is 4.57 Å². The van der Waals surface area contributed by atoms with E-state index < -0.39 is 0 Å². The van der Waals surface area contributed by atoms with Crippen molar-refractivity contribution >= 4 is 0 Å². The van der Waals surface area contributed by atoms with Crippen molar-refractivity contribution in [3.63, 3.8) is 0 Å². The Hall–Kier alpha value is -1.23. The second-order valence-electron chi connectivity index (χ2n) is 5.07. The predicted octanol–water partition coefficient (Wildman–Crippen LogP) is 2.80. The lowest BCUT2D eigenvalue weighted by molar-refractivity contribution is 0.585. The zero-order chi connectivity index (χ0) is 10.3. The summed E-state index contributed by atoms with van der Waals surface area (Å²) in [5.74, 6) is 0.117. The highest BCUT2D eigenvalue weighted by Crippen LogP contribution is 2.33. The summed E-state index contributed by atoms with van der Waals surface area (Å²) in [5, 5.41) is 8.96. The second kappa shape index (κ2) is 2.88. The van der Waals surface area contributed by atoms with Crippen LogP contribution in [0.15, 0.2) is 12.3 Å². The van der Waals surface area contributed by atoms with Gasteiger partial charge in [-0.25, -0.2) is 0 Å². The van der Waals surface area contributed by atoms with Gasteiger partial charge in [0.05, 0.1) is 12.0 Å². The van der Waals surface area contributed by atoms with Crippen LogP contribution >= 0.6 is 0 Å². The highest BCUT2D eigenvalue weighted by atomic mass is 15.0. The third-order valence-electron chi connectivity index (χ3n) is 2.97. The summed E-state index contributed by atoms with van der Waals surface area (Å²) in [7, 11) is 0. The van der Waals surface area contributed by atoms with Crippen LogP contribution in [0.5, 0.6) is 0 Å². The monoisotopic (exact) mass is 188 g/mol. The molecule has 1 aliphatic heterocycles. The molecule has 0 N–H and O–H groups in total. The molecule has 0 spiro atoms. The van der Waals surface area contributed by atoms with Crippen LogP contribution in [0, 0.1) is 11.3 Å². The lowest BCUT2D eigenvalue weighted by atomic mass is 9.88. The molecule has 0 saturated carbocycles. The molecule has 0 fully saturated rings. The van der Waals surface area contributed by atoms with Crippen LogP contribution in [0.1, 0.15) is 44.4 Å². The molecule has 0 saturated heterocycles. The van der Waals surface area contributed by atoms with Crippen molar-refractivity contribution in [3.8, 4) is 6.07 Å². The van der Waals surface area contributed by atoms with Gasteiger partial charge in [0.25, 0.3) is 0 Å². The van der Waals surface area contributed by atoms with Crippen LogP contribution in [0.3, 0.4) is 0 Å². The fourth-order valence-electron chi connectivity index (χ4n) is 1.97. The van der Waals surface area contributed by atoms with Crippen molar-refractivity contribution in [2.24, 2.45) is 0 Å². The van der Waals surface area contributed by atoms with Crippen LogP contribution in [0.4, 0.5) is 0 Å². The van der Waals surface area contributed by atoms with E-state index in [4.69, 9.17) is 5.26 Å². The van der Waals surface area contributed by atoms with E-state index in [0.717, 1.165) is 13.0 Å². The Bertz CT molecular complexity index is 387. The van der Waals surface area contributed by atoms with Crippen molar-refractivity contribution < 1.29 is 0 Å². The van der Waals surface area contributed by atoms with Gasteiger partial charge >= 0.3 is 0 Å². The molecule has 2 nitrogen and oxygen atoms in total. The van der Waals surface area contributed by atoms with Crippen LogP contribution in [-0.4, -0.2) is 4.57 Å². The molecule has 2 heteroatoms. The Labute approximate surface area is 85.2 Å². The van der Waals surface area contributed by atoms with Crippen molar-refractivity contribution in [2.75, 3.05) is 0 Å². The molecule has 0 aromatic carbocycles. The molecular weight excluding hydrogens is 172 g/mol. The predicted molar refractivity (Wildman–Crippen MR) is 56.1 cm³/mol. The van der Waals surface area contributed by atoms with Crippen LogP contribution in [0.25, 0.3) is 0 Å². The zero-order valence-electron chi connectivity index (χ0n) is 9.04. The van der Waals surface area contributed by atoms with E-state index in [9.17, 15) is 0 Å². The minimum atomic E-state index is 0.117. The summed E-state index contributed by atoms with van der Waals surface area (Å²) < 4.78 is 2.23. The SMILES string of the molecule is CC(C)(C)c1cc2n(c1)CCC2C#N. The molecule has 0 aliphatic carbocycles. The molecule has 2 rings (SSSR count). The molecule has 1 aromatic heterocycles. The highest BCUT2D eigenvalue weighted by molar-refractivity contribution is 5.32. The van der Waals surface area contributed by atoms with E-state index in [-0.39, 0.29) is 11.3 Å². The van der Waals surface area contributed by atoms with Gasteiger partial charge in [-0.2, -0.15) is 5.26 Å². The van der Waals surface area contributed by atoms with Gasteiger partial charge in [-0.3, -0.25) is 0 Å². The quantitative estimate of drug-likeness (QED) is 0.615. The van der Waals surface area contributed by atoms with Crippen molar-refractivity contribution in [2.45, 2.75) is 45.1 Å². The van der Waals surface area contributed by atoms with Gasteiger partial charge in [0.2, 0.25) is 0 Å². The minimum absolute atomic E-state index is 0.117. The topological polar surface area (TPSA) is 28.7 Å². The molecule has 1 aliphatic rings. The molecule has 1 aromatic rings. The minimum Gasteiger partial charge on any atom is -0.350 e. The standard InChI is InChI=1S/C12H16N2/c1-12(2,3)10-6-11-9(7-13)4-5-14(11)8-10/h6,8-9H,4-5H2,1-3H3. The van der Waals surface area contributed by atoms with E-state index in [1.54, 1.807) is 0 Å². The maximum absolute atomic E-state index is 8.96. The van der Waals surface area contributed by atoms with E-state index in [2.05, 4.69) is 43.7 Å². The smallest absolute Gasteiger partial charge is 0.0881 e. The van der Waals surface area contributed by atoms with Crippen molar-refractivity contribution in [1.82, 2.24) is 4.57 Å². The Balaban J connectivity index is 2.41. The van der Waals surface area contributed by atoms with Crippen molar-refractivity contribution in [1.29, 1.82) is 5.26 Å². The number of hydrogen-bond acceptors (Lipinski definition) is 1.